The van der Waals surface area contributed by atoms with Gasteiger partial charge in [-0.2, -0.15) is 0 Å². The number of rotatable bonds is 10. The van der Waals surface area contributed by atoms with Gasteiger partial charge in [0.2, 0.25) is 0 Å². The Bertz CT molecular complexity index is 321. The SMILES string of the molecule is CCCC(CCN)CCCNCc1cc(C)c(C)s1. The van der Waals surface area contributed by atoms with Crippen LogP contribution in [0.2, 0.25) is 0 Å². The van der Waals surface area contributed by atoms with Gasteiger partial charge >= 0.3 is 0 Å². The van der Waals surface area contributed by atoms with Gasteiger partial charge in [-0.1, -0.05) is 19.8 Å². The van der Waals surface area contributed by atoms with Crippen LogP contribution in [0.15, 0.2) is 6.07 Å². The molecule has 0 saturated heterocycles. The average Bonchev–Trinajstić information content (AvgIpc) is 2.69. The van der Waals surface area contributed by atoms with Crippen LogP contribution in [0, 0.1) is 19.8 Å². The minimum Gasteiger partial charge on any atom is -0.330 e. The first kappa shape index (κ1) is 16.7. The van der Waals surface area contributed by atoms with Crippen molar-refractivity contribution in [3.8, 4) is 0 Å². The predicted molar refractivity (Wildman–Crippen MR) is 86.8 cm³/mol. The molecule has 0 aliphatic heterocycles. The molecule has 1 unspecified atom stereocenters. The Hall–Kier alpha value is -0.380. The molecule has 1 aromatic heterocycles. The number of hydrogen-bond acceptors (Lipinski definition) is 3. The van der Waals surface area contributed by atoms with E-state index in [9.17, 15) is 0 Å². The zero-order chi connectivity index (χ0) is 14.1. The number of aryl methyl sites for hydroxylation is 2. The van der Waals surface area contributed by atoms with Gasteiger partial charge in [-0.05, 0) is 63.7 Å². The molecule has 0 aliphatic rings. The minimum absolute atomic E-state index is 0.836. The second kappa shape index (κ2) is 9.51. The Morgan fingerprint density at radius 2 is 2.05 bits per heavy atom. The lowest BCUT2D eigenvalue weighted by atomic mass is 9.94. The van der Waals surface area contributed by atoms with E-state index in [1.807, 2.05) is 11.3 Å². The molecule has 1 heterocycles. The van der Waals surface area contributed by atoms with Crippen molar-refractivity contribution in [3.05, 3.63) is 21.4 Å². The van der Waals surface area contributed by atoms with Crippen LogP contribution in [0.1, 0.15) is 54.3 Å². The van der Waals surface area contributed by atoms with Crippen LogP contribution in [-0.4, -0.2) is 13.1 Å². The number of thiophene rings is 1. The van der Waals surface area contributed by atoms with Crippen LogP contribution < -0.4 is 11.1 Å². The molecule has 110 valence electrons. The predicted octanol–water partition coefficient (Wildman–Crippen LogP) is 4.00. The summed E-state index contributed by atoms with van der Waals surface area (Å²) < 4.78 is 0. The summed E-state index contributed by atoms with van der Waals surface area (Å²) in [6.45, 7) is 9.65. The van der Waals surface area contributed by atoms with Gasteiger partial charge in [0.05, 0.1) is 0 Å². The summed E-state index contributed by atoms with van der Waals surface area (Å²) in [4.78, 5) is 2.91. The molecule has 19 heavy (non-hydrogen) atoms. The summed E-state index contributed by atoms with van der Waals surface area (Å²) in [5.41, 5.74) is 7.09. The average molecular weight is 282 g/mol. The van der Waals surface area contributed by atoms with E-state index in [2.05, 4.69) is 32.2 Å². The van der Waals surface area contributed by atoms with Crippen molar-refractivity contribution in [2.24, 2.45) is 11.7 Å². The largest absolute Gasteiger partial charge is 0.330 e. The third-order valence-corrected chi connectivity index (χ3v) is 4.91. The fourth-order valence-corrected chi connectivity index (χ4v) is 3.56. The summed E-state index contributed by atoms with van der Waals surface area (Å²) in [7, 11) is 0. The third-order valence-electron chi connectivity index (χ3n) is 3.75. The van der Waals surface area contributed by atoms with Gasteiger partial charge in [0.15, 0.2) is 0 Å². The zero-order valence-electron chi connectivity index (χ0n) is 12.8. The van der Waals surface area contributed by atoms with Crippen molar-refractivity contribution >= 4 is 11.3 Å². The molecule has 1 aromatic rings. The van der Waals surface area contributed by atoms with Gasteiger partial charge in [0.1, 0.15) is 0 Å². The fraction of sp³-hybridized carbons (Fsp3) is 0.750. The maximum Gasteiger partial charge on any atom is 0.0299 e. The molecule has 1 atom stereocenters. The highest BCUT2D eigenvalue weighted by Gasteiger charge is 2.06. The van der Waals surface area contributed by atoms with Gasteiger partial charge in [0.25, 0.3) is 0 Å². The van der Waals surface area contributed by atoms with Crippen LogP contribution >= 0.6 is 11.3 Å². The van der Waals surface area contributed by atoms with E-state index in [0.717, 1.165) is 25.6 Å². The van der Waals surface area contributed by atoms with E-state index in [1.54, 1.807) is 0 Å². The van der Waals surface area contributed by atoms with Gasteiger partial charge in [-0.3, -0.25) is 0 Å². The molecule has 0 fully saturated rings. The highest BCUT2D eigenvalue weighted by molar-refractivity contribution is 7.12. The Labute approximate surface area is 122 Å². The molecule has 3 heteroatoms. The Balaban J connectivity index is 2.13. The molecule has 0 aliphatic carbocycles. The molecule has 3 N–H and O–H groups in total. The van der Waals surface area contributed by atoms with Crippen molar-refractivity contribution < 1.29 is 0 Å². The van der Waals surface area contributed by atoms with Crippen molar-refractivity contribution in [2.75, 3.05) is 13.1 Å². The lowest BCUT2D eigenvalue weighted by molar-refractivity contribution is 0.404. The first-order valence-electron chi connectivity index (χ1n) is 7.64. The molecular formula is C16H30N2S. The van der Waals surface area contributed by atoms with E-state index in [-0.39, 0.29) is 0 Å². The van der Waals surface area contributed by atoms with Gasteiger partial charge < -0.3 is 11.1 Å². The third kappa shape index (κ3) is 6.55. The molecule has 0 radical (unpaired) electrons. The molecule has 0 spiro atoms. The van der Waals surface area contributed by atoms with E-state index < -0.39 is 0 Å². The van der Waals surface area contributed by atoms with Crippen molar-refractivity contribution in [2.45, 2.75) is 59.4 Å². The van der Waals surface area contributed by atoms with Crippen LogP contribution in [0.3, 0.4) is 0 Å². The summed E-state index contributed by atoms with van der Waals surface area (Å²) in [6, 6.07) is 2.31. The molecule has 0 saturated carbocycles. The highest BCUT2D eigenvalue weighted by Crippen LogP contribution is 2.20. The second-order valence-corrected chi connectivity index (χ2v) is 6.84. The summed E-state index contributed by atoms with van der Waals surface area (Å²) in [5.74, 6) is 0.836. The summed E-state index contributed by atoms with van der Waals surface area (Å²) in [5, 5.41) is 3.56. The van der Waals surface area contributed by atoms with Gasteiger partial charge in [0, 0.05) is 16.3 Å². The lowest BCUT2D eigenvalue weighted by Gasteiger charge is -2.14. The van der Waals surface area contributed by atoms with Crippen LogP contribution in [-0.2, 0) is 6.54 Å². The molecule has 0 aromatic carbocycles. The normalized spacial score (nSPS) is 12.8. The van der Waals surface area contributed by atoms with Crippen molar-refractivity contribution in [1.29, 1.82) is 0 Å². The van der Waals surface area contributed by atoms with Crippen molar-refractivity contribution in [3.63, 3.8) is 0 Å². The van der Waals surface area contributed by atoms with E-state index in [0.29, 0.717) is 0 Å². The molecule has 1 rings (SSSR count). The van der Waals surface area contributed by atoms with Crippen LogP contribution in [0.25, 0.3) is 0 Å². The highest BCUT2D eigenvalue weighted by atomic mass is 32.1. The Kier molecular flexibility index (Phi) is 8.35. The Morgan fingerprint density at radius 1 is 1.26 bits per heavy atom. The quantitative estimate of drug-likeness (QED) is 0.637. The van der Waals surface area contributed by atoms with E-state index in [4.69, 9.17) is 5.73 Å². The van der Waals surface area contributed by atoms with E-state index >= 15 is 0 Å². The number of nitrogens with two attached hydrogens (primary N) is 1. The standard InChI is InChI=1S/C16H30N2S/c1-4-6-15(8-9-17)7-5-10-18-12-16-11-13(2)14(3)19-16/h11,15,18H,4-10,12,17H2,1-3H3. The maximum atomic E-state index is 5.67. The summed E-state index contributed by atoms with van der Waals surface area (Å²) >= 11 is 1.92. The van der Waals surface area contributed by atoms with Crippen LogP contribution in [0.4, 0.5) is 0 Å². The first-order chi connectivity index (χ1) is 9.17. The van der Waals surface area contributed by atoms with E-state index in [1.165, 1.54) is 47.4 Å². The molecule has 0 bridgehead atoms. The van der Waals surface area contributed by atoms with Gasteiger partial charge in [-0.15, -0.1) is 11.3 Å². The van der Waals surface area contributed by atoms with Gasteiger partial charge in [-0.25, -0.2) is 0 Å². The number of nitrogens with one attached hydrogen (secondary N) is 1. The molecule has 2 nitrogen and oxygen atoms in total. The Morgan fingerprint density at radius 3 is 2.63 bits per heavy atom. The fourth-order valence-electron chi connectivity index (χ4n) is 2.54. The second-order valence-electron chi connectivity index (χ2n) is 5.50. The lowest BCUT2D eigenvalue weighted by Crippen LogP contribution is -2.16. The summed E-state index contributed by atoms with van der Waals surface area (Å²) in [6.07, 6.45) is 6.40. The number of hydrogen-bond donors (Lipinski definition) is 2. The molecule has 0 amide bonds. The molecular weight excluding hydrogens is 252 g/mol. The van der Waals surface area contributed by atoms with Crippen molar-refractivity contribution in [1.82, 2.24) is 5.32 Å². The maximum absolute atomic E-state index is 5.67. The topological polar surface area (TPSA) is 38.0 Å². The monoisotopic (exact) mass is 282 g/mol. The first-order valence-corrected chi connectivity index (χ1v) is 8.45. The minimum atomic E-state index is 0.836. The smallest absolute Gasteiger partial charge is 0.0299 e. The van der Waals surface area contributed by atoms with Crippen LogP contribution in [0.5, 0.6) is 0 Å². The zero-order valence-corrected chi connectivity index (χ0v) is 13.6.